The van der Waals surface area contributed by atoms with Crippen molar-refractivity contribution in [3.8, 4) is 0 Å². The Bertz CT molecular complexity index is 670. The summed E-state index contributed by atoms with van der Waals surface area (Å²) in [5.41, 5.74) is 1.93. The summed E-state index contributed by atoms with van der Waals surface area (Å²) in [5.74, 6) is 0.103. The molecule has 0 spiro atoms. The van der Waals surface area contributed by atoms with Gasteiger partial charge in [0, 0.05) is 25.3 Å². The van der Waals surface area contributed by atoms with Gasteiger partial charge in [-0.3, -0.25) is 4.90 Å². The van der Waals surface area contributed by atoms with Crippen molar-refractivity contribution in [1.82, 2.24) is 9.80 Å². The molecule has 0 aliphatic carbocycles. The van der Waals surface area contributed by atoms with E-state index in [2.05, 4.69) is 10.2 Å². The average Bonchev–Trinajstić information content (AvgIpc) is 2.57. The molecule has 2 aliphatic rings. The highest BCUT2D eigenvalue weighted by molar-refractivity contribution is 7.91. The van der Waals surface area contributed by atoms with Gasteiger partial charge in [0.15, 0.2) is 9.84 Å². The number of hydrogen-bond acceptors (Lipinski definition) is 4. The van der Waals surface area contributed by atoms with Crippen molar-refractivity contribution in [2.75, 3.05) is 43.0 Å². The Morgan fingerprint density at radius 3 is 2.38 bits per heavy atom. The van der Waals surface area contributed by atoms with E-state index in [1.54, 1.807) is 4.90 Å². The second-order valence-electron chi connectivity index (χ2n) is 6.56. The van der Waals surface area contributed by atoms with Gasteiger partial charge in [-0.25, -0.2) is 13.2 Å². The maximum absolute atomic E-state index is 12.4. The van der Waals surface area contributed by atoms with Crippen LogP contribution in [0.4, 0.5) is 10.5 Å². The lowest BCUT2D eigenvalue weighted by Crippen LogP contribution is -2.45. The summed E-state index contributed by atoms with van der Waals surface area (Å²) in [6, 6.07) is 7.65. The van der Waals surface area contributed by atoms with Crippen LogP contribution in [0.25, 0.3) is 0 Å². The van der Waals surface area contributed by atoms with Crippen molar-refractivity contribution in [2.24, 2.45) is 0 Å². The molecule has 0 aromatic heterocycles. The first-order chi connectivity index (χ1) is 11.5. The molecule has 2 fully saturated rings. The second-order valence-corrected chi connectivity index (χ2v) is 8.87. The monoisotopic (exact) mass is 351 g/mol. The topological polar surface area (TPSA) is 69.7 Å². The van der Waals surface area contributed by atoms with Crippen molar-refractivity contribution in [2.45, 2.75) is 25.8 Å². The standard InChI is InChI=1S/C17H25N3O3S/c21-17(20-10-12-24(22,23)13-11-20)18-16-7-3-2-6-15(16)14-19-8-4-1-5-9-19/h2-3,6-7H,1,4-5,8-14H2,(H,18,21). The molecular formula is C17H25N3O3S. The largest absolute Gasteiger partial charge is 0.322 e. The third kappa shape index (κ3) is 4.48. The minimum Gasteiger partial charge on any atom is -0.322 e. The fourth-order valence-corrected chi connectivity index (χ4v) is 4.45. The van der Waals surface area contributed by atoms with E-state index in [9.17, 15) is 13.2 Å². The molecule has 0 bridgehead atoms. The number of sulfone groups is 1. The van der Waals surface area contributed by atoms with Gasteiger partial charge in [0.05, 0.1) is 11.5 Å². The molecular weight excluding hydrogens is 326 g/mol. The Kier molecular flexibility index (Phi) is 5.40. The zero-order chi connectivity index (χ0) is 17.0. The predicted octanol–water partition coefficient (Wildman–Crippen LogP) is 1.93. The number of amides is 2. The minimum atomic E-state index is -2.98. The van der Waals surface area contributed by atoms with Crippen LogP contribution >= 0.6 is 0 Å². The molecule has 0 unspecified atom stereocenters. The Hall–Kier alpha value is -1.60. The summed E-state index contributed by atoms with van der Waals surface area (Å²) in [5, 5.41) is 2.96. The summed E-state index contributed by atoms with van der Waals surface area (Å²) >= 11 is 0. The molecule has 3 rings (SSSR count). The molecule has 2 amide bonds. The van der Waals surface area contributed by atoms with E-state index in [1.807, 2.05) is 24.3 Å². The zero-order valence-corrected chi connectivity index (χ0v) is 14.7. The highest BCUT2D eigenvalue weighted by Crippen LogP contribution is 2.20. The fraction of sp³-hybridized carbons (Fsp3) is 0.588. The van der Waals surface area contributed by atoms with Crippen LogP contribution in [0.5, 0.6) is 0 Å². The van der Waals surface area contributed by atoms with E-state index in [-0.39, 0.29) is 30.6 Å². The molecule has 0 atom stereocenters. The second kappa shape index (κ2) is 7.53. The van der Waals surface area contributed by atoms with Gasteiger partial charge in [-0.05, 0) is 37.6 Å². The maximum Gasteiger partial charge on any atom is 0.321 e. The molecule has 0 radical (unpaired) electrons. The maximum atomic E-state index is 12.4. The van der Waals surface area contributed by atoms with Gasteiger partial charge in [-0.15, -0.1) is 0 Å². The van der Waals surface area contributed by atoms with Crippen LogP contribution in [0.2, 0.25) is 0 Å². The number of urea groups is 1. The van der Waals surface area contributed by atoms with E-state index < -0.39 is 9.84 Å². The molecule has 24 heavy (non-hydrogen) atoms. The minimum absolute atomic E-state index is 0.0514. The van der Waals surface area contributed by atoms with Crippen LogP contribution in [0.15, 0.2) is 24.3 Å². The first-order valence-electron chi connectivity index (χ1n) is 8.60. The van der Waals surface area contributed by atoms with Crippen molar-refractivity contribution >= 4 is 21.6 Å². The van der Waals surface area contributed by atoms with Gasteiger partial charge in [0.25, 0.3) is 0 Å². The molecule has 7 heteroatoms. The predicted molar refractivity (Wildman–Crippen MR) is 94.8 cm³/mol. The first kappa shape index (κ1) is 17.2. The number of nitrogens with one attached hydrogen (secondary N) is 1. The number of nitrogens with zero attached hydrogens (tertiary/aromatic N) is 2. The lowest BCUT2D eigenvalue weighted by molar-refractivity contribution is 0.215. The number of anilines is 1. The van der Waals surface area contributed by atoms with Crippen LogP contribution < -0.4 is 5.32 Å². The number of hydrogen-bond donors (Lipinski definition) is 1. The van der Waals surface area contributed by atoms with Crippen LogP contribution in [0.1, 0.15) is 24.8 Å². The summed E-state index contributed by atoms with van der Waals surface area (Å²) < 4.78 is 23.0. The number of para-hydroxylation sites is 1. The van der Waals surface area contributed by atoms with E-state index >= 15 is 0 Å². The van der Waals surface area contributed by atoms with Gasteiger partial charge < -0.3 is 10.2 Å². The van der Waals surface area contributed by atoms with Crippen LogP contribution in [0, 0.1) is 0 Å². The number of carbonyl (C=O) groups excluding carboxylic acids is 1. The molecule has 2 aliphatic heterocycles. The van der Waals surface area contributed by atoms with Crippen LogP contribution in [-0.4, -0.2) is 61.9 Å². The number of carbonyl (C=O) groups is 1. The number of piperidine rings is 1. The molecule has 132 valence electrons. The first-order valence-corrected chi connectivity index (χ1v) is 10.4. The van der Waals surface area contributed by atoms with E-state index in [4.69, 9.17) is 0 Å². The Balaban J connectivity index is 1.63. The highest BCUT2D eigenvalue weighted by atomic mass is 32.2. The van der Waals surface area contributed by atoms with Gasteiger partial charge in [-0.2, -0.15) is 0 Å². The van der Waals surface area contributed by atoms with Gasteiger partial charge in [0.1, 0.15) is 0 Å². The summed E-state index contributed by atoms with van der Waals surface area (Å²) in [6.45, 7) is 3.58. The SMILES string of the molecule is O=C(Nc1ccccc1CN1CCCCC1)N1CCS(=O)(=O)CC1. The number of likely N-dealkylation sites (tertiary alicyclic amines) is 1. The normalized spacial score (nSPS) is 21.4. The molecule has 6 nitrogen and oxygen atoms in total. The summed E-state index contributed by atoms with van der Waals surface area (Å²) in [7, 11) is -2.98. The quantitative estimate of drug-likeness (QED) is 0.903. The zero-order valence-electron chi connectivity index (χ0n) is 13.9. The smallest absolute Gasteiger partial charge is 0.321 e. The van der Waals surface area contributed by atoms with Crippen molar-refractivity contribution in [1.29, 1.82) is 0 Å². The molecule has 2 heterocycles. The number of benzene rings is 1. The molecule has 1 aromatic carbocycles. The van der Waals surface area contributed by atoms with E-state index in [0.717, 1.165) is 30.9 Å². The molecule has 1 aromatic rings. The van der Waals surface area contributed by atoms with E-state index in [0.29, 0.717) is 0 Å². The highest BCUT2D eigenvalue weighted by Gasteiger charge is 2.25. The molecule has 1 N–H and O–H groups in total. The Labute approximate surface area is 143 Å². The number of rotatable bonds is 3. The van der Waals surface area contributed by atoms with Gasteiger partial charge >= 0.3 is 6.03 Å². The van der Waals surface area contributed by atoms with Gasteiger partial charge in [-0.1, -0.05) is 24.6 Å². The fourth-order valence-electron chi connectivity index (χ4n) is 3.25. The van der Waals surface area contributed by atoms with Crippen molar-refractivity contribution in [3.63, 3.8) is 0 Å². The third-order valence-electron chi connectivity index (χ3n) is 4.73. The summed E-state index contributed by atoms with van der Waals surface area (Å²) in [4.78, 5) is 16.4. The summed E-state index contributed by atoms with van der Waals surface area (Å²) in [6.07, 6.45) is 3.76. The molecule has 0 saturated carbocycles. The lowest BCUT2D eigenvalue weighted by Gasteiger charge is -2.29. The Morgan fingerprint density at radius 1 is 1.00 bits per heavy atom. The van der Waals surface area contributed by atoms with Gasteiger partial charge in [0.2, 0.25) is 0 Å². The third-order valence-corrected chi connectivity index (χ3v) is 6.34. The average molecular weight is 351 g/mol. The molecule has 2 saturated heterocycles. The Morgan fingerprint density at radius 2 is 1.67 bits per heavy atom. The lowest BCUT2D eigenvalue weighted by atomic mass is 10.1. The van der Waals surface area contributed by atoms with Crippen LogP contribution in [-0.2, 0) is 16.4 Å². The van der Waals surface area contributed by atoms with Crippen molar-refractivity contribution < 1.29 is 13.2 Å². The van der Waals surface area contributed by atoms with Crippen LogP contribution in [0.3, 0.4) is 0 Å². The van der Waals surface area contributed by atoms with E-state index in [1.165, 1.54) is 19.3 Å². The van der Waals surface area contributed by atoms with Crippen molar-refractivity contribution in [3.05, 3.63) is 29.8 Å².